The average molecular weight is 548 g/mol. The highest BCUT2D eigenvalue weighted by atomic mass is 32.2. The Balaban J connectivity index is 1.58. The van der Waals surface area contributed by atoms with E-state index in [-0.39, 0.29) is 30.2 Å². The molecule has 38 heavy (non-hydrogen) atoms. The molecule has 5 atom stereocenters. The number of hydrogen-bond acceptors (Lipinski definition) is 6. The fraction of sp³-hybridized carbons (Fsp3) is 0.667. The third-order valence-electron chi connectivity index (χ3n) is 8.45. The van der Waals surface area contributed by atoms with E-state index < -0.39 is 40.1 Å². The Bertz CT molecular complexity index is 1110. The molecule has 2 aliphatic heterocycles. The van der Waals surface area contributed by atoms with Crippen LogP contribution in [0.15, 0.2) is 30.3 Å². The lowest BCUT2D eigenvalue weighted by molar-refractivity contribution is -0.141. The van der Waals surface area contributed by atoms with Gasteiger partial charge in [-0.2, -0.15) is 4.31 Å². The number of likely N-dealkylation sites (N-methyl/N-ethyl adjacent to an activating group) is 1. The van der Waals surface area contributed by atoms with Crippen molar-refractivity contribution in [1.82, 2.24) is 25.2 Å². The van der Waals surface area contributed by atoms with Crippen LogP contribution in [-0.4, -0.2) is 85.9 Å². The molecule has 0 bridgehead atoms. The number of benzene rings is 1. The molecule has 2 heterocycles. The number of nitrogens with one attached hydrogen (secondary N) is 3. The van der Waals surface area contributed by atoms with Gasteiger partial charge in [-0.1, -0.05) is 49.6 Å². The van der Waals surface area contributed by atoms with Crippen molar-refractivity contribution in [2.45, 2.75) is 76.2 Å². The lowest BCUT2D eigenvalue weighted by Gasteiger charge is -2.36. The van der Waals surface area contributed by atoms with Crippen molar-refractivity contribution in [3.05, 3.63) is 35.9 Å². The number of likely N-dealkylation sites (tertiary alicyclic amines) is 1. The Morgan fingerprint density at radius 1 is 1.05 bits per heavy atom. The molecule has 0 aromatic heterocycles. The van der Waals surface area contributed by atoms with Crippen molar-refractivity contribution in [1.29, 1.82) is 0 Å². The molecule has 1 aromatic rings. The summed E-state index contributed by atoms with van der Waals surface area (Å²) in [5.41, 5.74) is 0.938. The SMILES string of the molecule is CN[C@H](C)C(=O)N[C@H](C(=O)N1CC[C@@H]2[C@H]1[C@@H](C(=O)NCc1ccccc1)CN2S(C)(=O)=O)C1CCCCC1. The van der Waals surface area contributed by atoms with Gasteiger partial charge in [-0.3, -0.25) is 14.4 Å². The molecule has 1 aliphatic carbocycles. The zero-order valence-electron chi connectivity index (χ0n) is 22.6. The molecule has 210 valence electrons. The summed E-state index contributed by atoms with van der Waals surface area (Å²) in [6, 6.07) is 7.33. The molecular weight excluding hydrogens is 506 g/mol. The molecular formula is C27H41N5O5S. The maximum atomic E-state index is 14.1. The van der Waals surface area contributed by atoms with Crippen LogP contribution in [0.3, 0.4) is 0 Å². The first-order chi connectivity index (χ1) is 18.1. The van der Waals surface area contributed by atoms with Gasteiger partial charge in [0.25, 0.3) is 0 Å². The standard InChI is InChI=1S/C27H41N5O5S/c1-18(28-2)25(33)30-23(20-12-8-5-9-13-20)27(35)31-15-14-22-24(31)21(17-32(22)38(3,36)37)26(34)29-16-19-10-6-4-7-11-19/h4,6-7,10-11,18,20-24,28H,5,8-9,12-17H2,1-3H3,(H,29,34)(H,30,33)/t18-,21+,22-,23+,24-/m1/s1. The fourth-order valence-electron chi connectivity index (χ4n) is 6.27. The first-order valence-electron chi connectivity index (χ1n) is 13.7. The zero-order chi connectivity index (χ0) is 27.4. The van der Waals surface area contributed by atoms with Crippen LogP contribution in [0, 0.1) is 11.8 Å². The van der Waals surface area contributed by atoms with E-state index >= 15 is 0 Å². The molecule has 4 rings (SSSR count). The van der Waals surface area contributed by atoms with Crippen LogP contribution in [0.5, 0.6) is 0 Å². The van der Waals surface area contributed by atoms with Crippen LogP contribution in [-0.2, 0) is 31.0 Å². The Morgan fingerprint density at radius 2 is 1.74 bits per heavy atom. The number of fused-ring (bicyclic) bond motifs is 1. The second kappa shape index (κ2) is 12.1. The van der Waals surface area contributed by atoms with Crippen molar-refractivity contribution >= 4 is 27.7 Å². The lowest BCUT2D eigenvalue weighted by atomic mass is 9.83. The van der Waals surface area contributed by atoms with Crippen LogP contribution < -0.4 is 16.0 Å². The minimum Gasteiger partial charge on any atom is -0.352 e. The summed E-state index contributed by atoms with van der Waals surface area (Å²) in [6.07, 6.45) is 6.44. The van der Waals surface area contributed by atoms with Gasteiger partial charge >= 0.3 is 0 Å². The van der Waals surface area contributed by atoms with Gasteiger partial charge in [0, 0.05) is 25.7 Å². The second-order valence-electron chi connectivity index (χ2n) is 10.9. The van der Waals surface area contributed by atoms with Gasteiger partial charge < -0.3 is 20.9 Å². The summed E-state index contributed by atoms with van der Waals surface area (Å²) >= 11 is 0. The van der Waals surface area contributed by atoms with E-state index in [0.29, 0.717) is 19.5 Å². The van der Waals surface area contributed by atoms with E-state index in [0.717, 1.165) is 43.9 Å². The summed E-state index contributed by atoms with van der Waals surface area (Å²) in [6.45, 7) is 2.46. The predicted molar refractivity (Wildman–Crippen MR) is 144 cm³/mol. The number of nitrogens with zero attached hydrogens (tertiary/aromatic N) is 2. The summed E-state index contributed by atoms with van der Waals surface area (Å²) in [5, 5.41) is 8.88. The summed E-state index contributed by atoms with van der Waals surface area (Å²) in [7, 11) is -1.88. The lowest BCUT2D eigenvalue weighted by Crippen LogP contribution is -2.58. The largest absolute Gasteiger partial charge is 0.352 e. The maximum absolute atomic E-state index is 14.1. The van der Waals surface area contributed by atoms with E-state index in [1.807, 2.05) is 30.3 Å². The first-order valence-corrected chi connectivity index (χ1v) is 15.5. The van der Waals surface area contributed by atoms with Gasteiger partial charge in [0.05, 0.1) is 24.3 Å². The topological polar surface area (TPSA) is 128 Å². The zero-order valence-corrected chi connectivity index (χ0v) is 23.4. The maximum Gasteiger partial charge on any atom is 0.245 e. The monoisotopic (exact) mass is 547 g/mol. The minimum atomic E-state index is -3.58. The van der Waals surface area contributed by atoms with E-state index in [2.05, 4.69) is 16.0 Å². The summed E-state index contributed by atoms with van der Waals surface area (Å²) in [4.78, 5) is 42.1. The van der Waals surface area contributed by atoms with E-state index in [4.69, 9.17) is 0 Å². The Kier molecular flexibility index (Phi) is 9.10. The minimum absolute atomic E-state index is 0.0149. The molecule has 1 aromatic carbocycles. The number of amides is 3. The van der Waals surface area contributed by atoms with Crippen molar-refractivity contribution in [2.75, 3.05) is 26.4 Å². The number of carbonyl (C=O) groups is 3. The Hall–Kier alpha value is -2.50. The van der Waals surface area contributed by atoms with Crippen molar-refractivity contribution < 1.29 is 22.8 Å². The highest BCUT2D eigenvalue weighted by Crippen LogP contribution is 2.38. The number of hydrogen-bond donors (Lipinski definition) is 3. The summed E-state index contributed by atoms with van der Waals surface area (Å²) < 4.78 is 26.7. The van der Waals surface area contributed by atoms with Crippen LogP contribution in [0.2, 0.25) is 0 Å². The molecule has 11 heteroatoms. The van der Waals surface area contributed by atoms with Gasteiger partial charge in [-0.05, 0) is 44.7 Å². The molecule has 0 spiro atoms. The molecule has 3 amide bonds. The molecule has 2 saturated heterocycles. The van der Waals surface area contributed by atoms with Crippen molar-refractivity contribution in [3.63, 3.8) is 0 Å². The first kappa shape index (κ1) is 28.5. The molecule has 1 saturated carbocycles. The van der Waals surface area contributed by atoms with Crippen LogP contribution in [0.25, 0.3) is 0 Å². The summed E-state index contributed by atoms with van der Waals surface area (Å²) in [5.74, 6) is -1.40. The van der Waals surface area contributed by atoms with Gasteiger partial charge in [-0.25, -0.2) is 8.42 Å². The predicted octanol–water partition coefficient (Wildman–Crippen LogP) is 0.837. The quantitative estimate of drug-likeness (QED) is 0.420. The molecule has 3 fully saturated rings. The highest BCUT2D eigenvalue weighted by molar-refractivity contribution is 7.88. The Labute approximate surface area is 225 Å². The van der Waals surface area contributed by atoms with Crippen molar-refractivity contribution in [2.24, 2.45) is 11.8 Å². The van der Waals surface area contributed by atoms with Crippen molar-refractivity contribution in [3.8, 4) is 0 Å². The van der Waals surface area contributed by atoms with Crippen LogP contribution >= 0.6 is 0 Å². The molecule has 3 N–H and O–H groups in total. The second-order valence-corrected chi connectivity index (χ2v) is 12.9. The highest BCUT2D eigenvalue weighted by Gasteiger charge is 2.56. The molecule has 10 nitrogen and oxygen atoms in total. The van der Waals surface area contributed by atoms with Crippen LogP contribution in [0.4, 0.5) is 0 Å². The number of sulfonamides is 1. The molecule has 0 unspecified atom stereocenters. The van der Waals surface area contributed by atoms with E-state index in [1.165, 1.54) is 4.31 Å². The van der Waals surface area contributed by atoms with E-state index in [1.54, 1.807) is 18.9 Å². The smallest absolute Gasteiger partial charge is 0.245 e. The van der Waals surface area contributed by atoms with Gasteiger partial charge in [-0.15, -0.1) is 0 Å². The third-order valence-corrected chi connectivity index (χ3v) is 9.72. The fourth-order valence-corrected chi connectivity index (χ4v) is 7.42. The normalized spacial score (nSPS) is 26.0. The molecule has 3 aliphatic rings. The Morgan fingerprint density at radius 3 is 2.37 bits per heavy atom. The van der Waals surface area contributed by atoms with Gasteiger partial charge in [0.15, 0.2) is 0 Å². The van der Waals surface area contributed by atoms with Gasteiger partial charge in [0.2, 0.25) is 27.7 Å². The number of carbonyl (C=O) groups excluding carboxylic acids is 3. The third kappa shape index (κ3) is 6.21. The van der Waals surface area contributed by atoms with Crippen LogP contribution in [0.1, 0.15) is 51.0 Å². The van der Waals surface area contributed by atoms with Gasteiger partial charge in [0.1, 0.15) is 6.04 Å². The number of rotatable bonds is 9. The van der Waals surface area contributed by atoms with E-state index in [9.17, 15) is 22.8 Å². The molecule has 0 radical (unpaired) electrons. The average Bonchev–Trinajstić information content (AvgIpc) is 3.51.